The Balaban J connectivity index is 2.09. The second-order valence-corrected chi connectivity index (χ2v) is 5.54. The summed E-state index contributed by atoms with van der Waals surface area (Å²) in [6.45, 7) is 7.69. The van der Waals surface area contributed by atoms with Crippen LogP contribution < -0.4 is 4.90 Å². The maximum Gasteiger partial charge on any atom is 0.0957 e. The number of aliphatic hydroxyl groups excluding tert-OH is 1. The molecular formula is C15H24N2O. The largest absolute Gasteiger partial charge is 0.387 e. The van der Waals surface area contributed by atoms with Crippen molar-refractivity contribution in [2.45, 2.75) is 52.2 Å². The molecule has 1 N–H and O–H groups in total. The number of aliphatic hydroxyl groups is 1. The van der Waals surface area contributed by atoms with Crippen LogP contribution in [0.15, 0.2) is 18.3 Å². The lowest BCUT2D eigenvalue weighted by molar-refractivity contribution is 0.169. The predicted molar refractivity (Wildman–Crippen MR) is 74.7 cm³/mol. The van der Waals surface area contributed by atoms with Gasteiger partial charge in [-0.3, -0.25) is 4.98 Å². The highest BCUT2D eigenvalue weighted by molar-refractivity contribution is 5.46. The molecule has 1 aromatic rings. The molecule has 0 aromatic carbocycles. The van der Waals surface area contributed by atoms with Crippen LogP contribution in [0.4, 0.5) is 5.69 Å². The summed E-state index contributed by atoms with van der Waals surface area (Å²) in [5, 5.41) is 9.74. The zero-order valence-corrected chi connectivity index (χ0v) is 11.6. The third-order valence-electron chi connectivity index (χ3n) is 3.97. The molecule has 18 heavy (non-hydrogen) atoms. The number of pyridine rings is 1. The van der Waals surface area contributed by atoms with E-state index in [0.717, 1.165) is 18.2 Å². The zero-order valence-electron chi connectivity index (χ0n) is 11.6. The molecular weight excluding hydrogens is 224 g/mol. The van der Waals surface area contributed by atoms with Gasteiger partial charge in [-0.2, -0.15) is 0 Å². The molecule has 0 saturated carbocycles. The highest BCUT2D eigenvalue weighted by atomic mass is 16.3. The summed E-state index contributed by atoms with van der Waals surface area (Å²) < 4.78 is 0. The van der Waals surface area contributed by atoms with Crippen LogP contribution in [-0.2, 0) is 0 Å². The maximum atomic E-state index is 9.74. The maximum absolute atomic E-state index is 9.74. The fraction of sp³-hybridized carbons (Fsp3) is 0.667. The molecule has 1 fully saturated rings. The smallest absolute Gasteiger partial charge is 0.0957 e. The van der Waals surface area contributed by atoms with E-state index >= 15 is 0 Å². The topological polar surface area (TPSA) is 36.4 Å². The van der Waals surface area contributed by atoms with E-state index in [4.69, 9.17) is 0 Å². The van der Waals surface area contributed by atoms with E-state index in [1.165, 1.54) is 18.5 Å². The third kappa shape index (κ3) is 2.83. The highest BCUT2D eigenvalue weighted by Gasteiger charge is 2.23. The normalized spacial score (nSPS) is 26.1. The fourth-order valence-electron chi connectivity index (χ4n) is 2.76. The first-order valence-electron chi connectivity index (χ1n) is 7.02. The molecule has 0 amide bonds. The first kappa shape index (κ1) is 13.3. The average molecular weight is 248 g/mol. The van der Waals surface area contributed by atoms with Crippen molar-refractivity contribution in [2.75, 3.05) is 11.4 Å². The Morgan fingerprint density at radius 2 is 2.22 bits per heavy atom. The Morgan fingerprint density at radius 3 is 2.78 bits per heavy atom. The van der Waals surface area contributed by atoms with Gasteiger partial charge < -0.3 is 10.0 Å². The van der Waals surface area contributed by atoms with Crippen LogP contribution in [0.5, 0.6) is 0 Å². The van der Waals surface area contributed by atoms with Gasteiger partial charge in [0, 0.05) is 12.6 Å². The predicted octanol–water partition coefficient (Wildman–Crippen LogP) is 3.15. The molecule has 1 aromatic heterocycles. The summed E-state index contributed by atoms with van der Waals surface area (Å²) in [6, 6.07) is 4.62. The minimum atomic E-state index is -0.433. The molecule has 0 bridgehead atoms. The van der Waals surface area contributed by atoms with Crippen LogP contribution in [0.1, 0.15) is 51.8 Å². The molecule has 3 atom stereocenters. The quantitative estimate of drug-likeness (QED) is 0.892. The Bertz CT molecular complexity index is 377. The molecule has 2 unspecified atom stereocenters. The van der Waals surface area contributed by atoms with E-state index in [1.54, 1.807) is 0 Å². The number of nitrogens with zero attached hydrogens (tertiary/aromatic N) is 2. The van der Waals surface area contributed by atoms with Crippen molar-refractivity contribution >= 4 is 5.69 Å². The summed E-state index contributed by atoms with van der Waals surface area (Å²) >= 11 is 0. The second-order valence-electron chi connectivity index (χ2n) is 5.54. The lowest BCUT2D eigenvalue weighted by Crippen LogP contribution is -2.40. The van der Waals surface area contributed by atoms with Gasteiger partial charge in [-0.25, -0.2) is 0 Å². The monoisotopic (exact) mass is 248 g/mol. The SMILES string of the molecule is CC[C@@H](O)c1ccc(N2CCC(C)CC2C)cn1. The Labute approximate surface area is 110 Å². The minimum absolute atomic E-state index is 0.433. The van der Waals surface area contributed by atoms with Crippen molar-refractivity contribution in [1.82, 2.24) is 4.98 Å². The van der Waals surface area contributed by atoms with E-state index in [2.05, 4.69) is 29.8 Å². The van der Waals surface area contributed by atoms with Crippen molar-refractivity contribution in [1.29, 1.82) is 0 Å². The van der Waals surface area contributed by atoms with E-state index in [1.807, 2.05) is 19.2 Å². The number of piperidine rings is 1. The molecule has 3 nitrogen and oxygen atoms in total. The summed E-state index contributed by atoms with van der Waals surface area (Å²) in [5.41, 5.74) is 1.96. The molecule has 0 radical (unpaired) electrons. The van der Waals surface area contributed by atoms with Crippen LogP contribution in [0.2, 0.25) is 0 Å². The lowest BCUT2D eigenvalue weighted by atomic mass is 9.93. The van der Waals surface area contributed by atoms with Crippen LogP contribution in [0, 0.1) is 5.92 Å². The van der Waals surface area contributed by atoms with Gasteiger partial charge in [0.2, 0.25) is 0 Å². The van der Waals surface area contributed by atoms with E-state index in [-0.39, 0.29) is 0 Å². The molecule has 2 rings (SSSR count). The molecule has 2 heterocycles. The first-order valence-corrected chi connectivity index (χ1v) is 7.02. The third-order valence-corrected chi connectivity index (χ3v) is 3.97. The van der Waals surface area contributed by atoms with E-state index < -0.39 is 6.10 Å². The molecule has 1 aliphatic rings. The van der Waals surface area contributed by atoms with Gasteiger partial charge in [0.1, 0.15) is 0 Å². The van der Waals surface area contributed by atoms with Gasteiger partial charge in [0.15, 0.2) is 0 Å². The van der Waals surface area contributed by atoms with Gasteiger partial charge in [-0.1, -0.05) is 13.8 Å². The van der Waals surface area contributed by atoms with Crippen LogP contribution in [-0.4, -0.2) is 22.7 Å². The summed E-state index contributed by atoms with van der Waals surface area (Å²) in [4.78, 5) is 6.81. The van der Waals surface area contributed by atoms with Gasteiger partial charge in [0.25, 0.3) is 0 Å². The lowest BCUT2D eigenvalue weighted by Gasteiger charge is -2.38. The Kier molecular flexibility index (Phi) is 4.23. The first-order chi connectivity index (χ1) is 8.61. The molecule has 1 saturated heterocycles. The standard InChI is InChI=1S/C15H24N2O/c1-4-15(18)14-6-5-13(10-16-14)17-8-7-11(2)9-12(17)3/h5-6,10-12,15,18H,4,7-9H2,1-3H3/t11?,12?,15-/m1/s1. The average Bonchev–Trinajstić information content (AvgIpc) is 2.38. The number of hydrogen-bond donors (Lipinski definition) is 1. The molecule has 100 valence electrons. The van der Waals surface area contributed by atoms with Gasteiger partial charge in [0.05, 0.1) is 23.7 Å². The van der Waals surface area contributed by atoms with Gasteiger partial charge in [-0.15, -0.1) is 0 Å². The summed E-state index contributed by atoms with van der Waals surface area (Å²) in [6.07, 6.45) is 4.69. The molecule has 0 aliphatic carbocycles. The van der Waals surface area contributed by atoms with Crippen LogP contribution >= 0.6 is 0 Å². The minimum Gasteiger partial charge on any atom is -0.387 e. The fourth-order valence-corrected chi connectivity index (χ4v) is 2.76. The molecule has 0 spiro atoms. The van der Waals surface area contributed by atoms with Gasteiger partial charge in [-0.05, 0) is 44.2 Å². The Morgan fingerprint density at radius 1 is 1.44 bits per heavy atom. The van der Waals surface area contributed by atoms with Crippen LogP contribution in [0.3, 0.4) is 0 Å². The van der Waals surface area contributed by atoms with Crippen molar-refractivity contribution in [2.24, 2.45) is 5.92 Å². The number of anilines is 1. The number of hydrogen-bond acceptors (Lipinski definition) is 3. The Hall–Kier alpha value is -1.09. The number of aromatic nitrogens is 1. The van der Waals surface area contributed by atoms with Crippen molar-refractivity contribution < 1.29 is 5.11 Å². The van der Waals surface area contributed by atoms with E-state index in [9.17, 15) is 5.11 Å². The highest BCUT2D eigenvalue weighted by Crippen LogP contribution is 2.27. The van der Waals surface area contributed by atoms with Crippen LogP contribution in [0.25, 0.3) is 0 Å². The second kappa shape index (κ2) is 5.70. The van der Waals surface area contributed by atoms with Crippen molar-refractivity contribution in [3.63, 3.8) is 0 Å². The summed E-state index contributed by atoms with van der Waals surface area (Å²) in [5.74, 6) is 0.824. The van der Waals surface area contributed by atoms with Crippen molar-refractivity contribution in [3.8, 4) is 0 Å². The zero-order chi connectivity index (χ0) is 13.1. The van der Waals surface area contributed by atoms with Crippen molar-refractivity contribution in [3.05, 3.63) is 24.0 Å². The molecule has 1 aliphatic heterocycles. The van der Waals surface area contributed by atoms with Gasteiger partial charge >= 0.3 is 0 Å². The number of rotatable bonds is 3. The molecule has 3 heteroatoms. The van der Waals surface area contributed by atoms with E-state index in [0.29, 0.717) is 12.5 Å². The summed E-state index contributed by atoms with van der Waals surface area (Å²) in [7, 11) is 0.